The highest BCUT2D eigenvalue weighted by molar-refractivity contribution is 6.37. The maximum Gasteiger partial charge on any atom is 0.113 e. The minimum atomic E-state index is 0.683. The van der Waals surface area contributed by atoms with Crippen molar-refractivity contribution < 1.29 is 14.2 Å². The number of hydrogen-bond acceptors (Lipinski definition) is 3. The molecule has 0 heterocycles. The molecule has 0 amide bonds. The molecule has 0 aromatic rings. The average Bonchev–Trinajstić information content (AvgIpc) is 2.97. The molecule has 0 unspecified atom stereocenters. The highest BCUT2D eigenvalue weighted by Crippen LogP contribution is 2.29. The molecule has 20 heavy (non-hydrogen) atoms. The van der Waals surface area contributed by atoms with Crippen molar-refractivity contribution in [2.24, 2.45) is 0 Å². The van der Waals surface area contributed by atoms with Crippen molar-refractivity contribution in [3.8, 4) is 0 Å². The zero-order valence-corrected chi connectivity index (χ0v) is 13.3. The van der Waals surface area contributed by atoms with E-state index in [4.69, 9.17) is 14.2 Å². The Bertz CT molecular complexity index is 196. The summed E-state index contributed by atoms with van der Waals surface area (Å²) in [6.07, 6.45) is 10.4. The molecule has 0 atom stereocenters. The first-order chi connectivity index (χ1) is 9.93. The van der Waals surface area contributed by atoms with E-state index in [0.717, 1.165) is 31.9 Å². The van der Waals surface area contributed by atoms with Crippen LogP contribution in [0.1, 0.15) is 51.9 Å². The Morgan fingerprint density at radius 3 is 1.95 bits per heavy atom. The topological polar surface area (TPSA) is 27.7 Å². The quantitative estimate of drug-likeness (QED) is 0.359. The molecule has 117 valence electrons. The summed E-state index contributed by atoms with van der Waals surface area (Å²) in [4.78, 5) is 0. The van der Waals surface area contributed by atoms with E-state index in [9.17, 15) is 0 Å². The Hall–Kier alpha value is -0.0551. The third-order valence-corrected chi connectivity index (χ3v) is 3.78. The van der Waals surface area contributed by atoms with Crippen molar-refractivity contribution >= 4 is 7.28 Å². The molecule has 0 N–H and O–H groups in total. The van der Waals surface area contributed by atoms with Crippen LogP contribution in [0.15, 0.2) is 0 Å². The van der Waals surface area contributed by atoms with Crippen molar-refractivity contribution in [3.05, 3.63) is 0 Å². The molecule has 0 saturated heterocycles. The van der Waals surface area contributed by atoms with Crippen LogP contribution in [0, 0.1) is 0 Å². The third-order valence-electron chi connectivity index (χ3n) is 3.78. The summed E-state index contributed by atoms with van der Waals surface area (Å²) in [5.74, 6) is 0.894. The first-order valence-electron chi connectivity index (χ1n) is 8.50. The van der Waals surface area contributed by atoms with Gasteiger partial charge in [0.25, 0.3) is 0 Å². The highest BCUT2D eigenvalue weighted by atomic mass is 16.5. The summed E-state index contributed by atoms with van der Waals surface area (Å²) in [6.45, 7) is 6.66. The van der Waals surface area contributed by atoms with E-state index in [1.54, 1.807) is 0 Å². The largest absolute Gasteiger partial charge is 0.379 e. The van der Waals surface area contributed by atoms with Gasteiger partial charge >= 0.3 is 0 Å². The monoisotopic (exact) mass is 283 g/mol. The van der Waals surface area contributed by atoms with Gasteiger partial charge in [0.2, 0.25) is 0 Å². The van der Waals surface area contributed by atoms with Crippen LogP contribution < -0.4 is 0 Å². The SMILES string of the molecule is CCCCOCCOCCOCCC[B]C1CCCC1. The van der Waals surface area contributed by atoms with Crippen LogP contribution >= 0.6 is 0 Å². The van der Waals surface area contributed by atoms with Crippen molar-refractivity contribution in [3.63, 3.8) is 0 Å². The molecular weight excluding hydrogens is 251 g/mol. The summed E-state index contributed by atoms with van der Waals surface area (Å²) >= 11 is 0. The molecule has 1 fully saturated rings. The van der Waals surface area contributed by atoms with Crippen LogP contribution in [0.25, 0.3) is 0 Å². The normalized spacial score (nSPS) is 15.8. The number of unbranched alkanes of at least 4 members (excludes halogenated alkanes) is 1. The van der Waals surface area contributed by atoms with Gasteiger partial charge in [-0.2, -0.15) is 0 Å². The molecule has 0 aromatic carbocycles. The summed E-state index contributed by atoms with van der Waals surface area (Å²) in [7, 11) is 2.50. The van der Waals surface area contributed by atoms with Crippen molar-refractivity contribution in [2.75, 3.05) is 39.6 Å². The van der Waals surface area contributed by atoms with Crippen LogP contribution in [-0.4, -0.2) is 46.9 Å². The first-order valence-corrected chi connectivity index (χ1v) is 8.50. The van der Waals surface area contributed by atoms with E-state index in [1.165, 1.54) is 38.4 Å². The second-order valence-electron chi connectivity index (χ2n) is 5.61. The number of ether oxygens (including phenoxy) is 3. The molecule has 0 aromatic heterocycles. The fourth-order valence-electron chi connectivity index (χ4n) is 2.52. The lowest BCUT2D eigenvalue weighted by Gasteiger charge is -2.08. The Morgan fingerprint density at radius 2 is 1.35 bits per heavy atom. The Labute approximate surface area is 126 Å². The molecule has 0 bridgehead atoms. The summed E-state index contributed by atoms with van der Waals surface area (Å²) in [5, 5.41) is 0. The second-order valence-corrected chi connectivity index (χ2v) is 5.61. The van der Waals surface area contributed by atoms with Crippen LogP contribution in [-0.2, 0) is 14.2 Å². The van der Waals surface area contributed by atoms with Crippen LogP contribution in [0.2, 0.25) is 12.1 Å². The predicted molar refractivity (Wildman–Crippen MR) is 84.8 cm³/mol. The first kappa shape index (κ1) is 18.0. The van der Waals surface area contributed by atoms with E-state index < -0.39 is 0 Å². The van der Waals surface area contributed by atoms with E-state index in [2.05, 4.69) is 14.2 Å². The molecule has 1 rings (SSSR count). The smallest absolute Gasteiger partial charge is 0.113 e. The van der Waals surface area contributed by atoms with E-state index >= 15 is 0 Å². The molecule has 4 heteroatoms. The van der Waals surface area contributed by atoms with Crippen LogP contribution in [0.5, 0.6) is 0 Å². The molecular formula is C16H32BO3. The Balaban J connectivity index is 1.66. The van der Waals surface area contributed by atoms with Gasteiger partial charge in [-0.25, -0.2) is 0 Å². The Morgan fingerprint density at radius 1 is 0.800 bits per heavy atom. The fraction of sp³-hybridized carbons (Fsp3) is 1.00. The van der Waals surface area contributed by atoms with Gasteiger partial charge in [-0.05, 0) is 12.8 Å². The molecule has 1 radical (unpaired) electrons. The molecule has 1 aliphatic rings. The average molecular weight is 283 g/mol. The second kappa shape index (κ2) is 13.9. The van der Waals surface area contributed by atoms with Crippen LogP contribution in [0.3, 0.4) is 0 Å². The van der Waals surface area contributed by atoms with E-state index in [-0.39, 0.29) is 0 Å². The van der Waals surface area contributed by atoms with Gasteiger partial charge in [-0.15, -0.1) is 0 Å². The van der Waals surface area contributed by atoms with E-state index in [1.807, 2.05) is 0 Å². The van der Waals surface area contributed by atoms with Gasteiger partial charge in [0.05, 0.1) is 26.4 Å². The van der Waals surface area contributed by atoms with Crippen molar-refractivity contribution in [2.45, 2.75) is 64.0 Å². The van der Waals surface area contributed by atoms with Gasteiger partial charge in [-0.1, -0.05) is 51.2 Å². The van der Waals surface area contributed by atoms with Crippen LogP contribution in [0.4, 0.5) is 0 Å². The molecule has 0 aliphatic heterocycles. The Kier molecular flexibility index (Phi) is 12.5. The maximum atomic E-state index is 5.56. The zero-order chi connectivity index (χ0) is 14.3. The number of rotatable bonds is 14. The molecule has 0 spiro atoms. The minimum absolute atomic E-state index is 0.683. The van der Waals surface area contributed by atoms with E-state index in [0.29, 0.717) is 26.4 Å². The van der Waals surface area contributed by atoms with Crippen molar-refractivity contribution in [1.82, 2.24) is 0 Å². The fourth-order valence-corrected chi connectivity index (χ4v) is 2.52. The maximum absolute atomic E-state index is 5.56. The van der Waals surface area contributed by atoms with Crippen molar-refractivity contribution in [1.29, 1.82) is 0 Å². The standard InChI is InChI=1S/C16H32BO3/c1-2-3-10-18-12-14-20-15-13-19-11-6-9-17-16-7-4-5-8-16/h16H,2-15H2,1H3. The minimum Gasteiger partial charge on any atom is -0.379 e. The van der Waals surface area contributed by atoms with Gasteiger partial charge in [0.15, 0.2) is 0 Å². The lowest BCUT2D eigenvalue weighted by atomic mass is 9.60. The summed E-state index contributed by atoms with van der Waals surface area (Å²) in [6, 6.07) is 0. The number of hydrogen-bond donors (Lipinski definition) is 0. The highest BCUT2D eigenvalue weighted by Gasteiger charge is 2.14. The van der Waals surface area contributed by atoms with Gasteiger partial charge < -0.3 is 14.2 Å². The molecule has 1 saturated carbocycles. The third kappa shape index (κ3) is 10.7. The lowest BCUT2D eigenvalue weighted by molar-refractivity contribution is 0.0142. The predicted octanol–water partition coefficient (Wildman–Crippen LogP) is 3.71. The van der Waals surface area contributed by atoms with Gasteiger partial charge in [0, 0.05) is 13.2 Å². The molecule has 1 aliphatic carbocycles. The lowest BCUT2D eigenvalue weighted by Crippen LogP contribution is -2.10. The van der Waals surface area contributed by atoms with Gasteiger partial charge in [-0.3, -0.25) is 0 Å². The summed E-state index contributed by atoms with van der Waals surface area (Å²) < 4.78 is 16.4. The summed E-state index contributed by atoms with van der Waals surface area (Å²) in [5.41, 5.74) is 0. The molecule has 3 nitrogen and oxygen atoms in total. The zero-order valence-electron chi connectivity index (χ0n) is 13.3. The van der Waals surface area contributed by atoms with Gasteiger partial charge in [0.1, 0.15) is 7.28 Å².